The maximum Gasteiger partial charge on any atom is 0.331 e. The molecule has 1 N–H and O–H groups in total. The van der Waals surface area contributed by atoms with Gasteiger partial charge in [-0.05, 0) is 39.7 Å². The van der Waals surface area contributed by atoms with Crippen molar-refractivity contribution in [1.82, 2.24) is 10.3 Å². The normalized spacial score (nSPS) is 16.2. The fourth-order valence-electron chi connectivity index (χ4n) is 4.08. The Morgan fingerprint density at radius 2 is 2.00 bits per heavy atom. The first-order chi connectivity index (χ1) is 14.5. The first-order valence-corrected chi connectivity index (χ1v) is 11.5. The van der Waals surface area contributed by atoms with E-state index in [1.807, 2.05) is 37.4 Å². The van der Waals surface area contributed by atoms with Crippen LogP contribution in [0.4, 0.5) is 0 Å². The van der Waals surface area contributed by atoms with Gasteiger partial charge in [-0.15, -0.1) is 11.3 Å². The maximum atomic E-state index is 12.8. The molecule has 1 aliphatic carbocycles. The molecule has 0 spiro atoms. The van der Waals surface area contributed by atoms with Crippen LogP contribution in [0.2, 0.25) is 0 Å². The van der Waals surface area contributed by atoms with Gasteiger partial charge >= 0.3 is 5.97 Å². The average molecular weight is 431 g/mol. The fraction of sp³-hybridized carbons (Fsp3) is 0.522. The number of benzene rings is 1. The van der Waals surface area contributed by atoms with Crippen molar-refractivity contribution in [2.75, 3.05) is 13.2 Å². The molecule has 1 fully saturated rings. The molecule has 1 atom stereocenters. The summed E-state index contributed by atoms with van der Waals surface area (Å²) in [6, 6.07) is 7.32. The highest BCUT2D eigenvalue weighted by Crippen LogP contribution is 2.37. The second-order valence-electron chi connectivity index (χ2n) is 7.65. The van der Waals surface area contributed by atoms with Gasteiger partial charge in [0.1, 0.15) is 5.01 Å². The molecule has 1 aliphatic rings. The number of ether oxygens (including phenoxy) is 2. The third kappa shape index (κ3) is 5.26. The fourth-order valence-corrected chi connectivity index (χ4v) is 4.90. The van der Waals surface area contributed by atoms with Gasteiger partial charge in [0.05, 0.1) is 24.3 Å². The van der Waals surface area contributed by atoms with E-state index in [1.165, 1.54) is 11.3 Å². The van der Waals surface area contributed by atoms with E-state index in [1.54, 1.807) is 6.92 Å². The third-order valence-electron chi connectivity index (χ3n) is 5.39. The summed E-state index contributed by atoms with van der Waals surface area (Å²) in [5.74, 6) is -0.681. The molecule has 0 radical (unpaired) electrons. The Labute approximate surface area is 182 Å². The van der Waals surface area contributed by atoms with E-state index in [2.05, 4.69) is 16.4 Å². The minimum Gasteiger partial charge on any atom is -0.464 e. The van der Waals surface area contributed by atoms with Gasteiger partial charge in [0.15, 0.2) is 6.04 Å². The van der Waals surface area contributed by atoms with Crippen molar-refractivity contribution in [1.29, 1.82) is 0 Å². The van der Waals surface area contributed by atoms with Gasteiger partial charge in [-0.1, -0.05) is 36.6 Å². The summed E-state index contributed by atoms with van der Waals surface area (Å²) in [6.45, 7) is 6.46. The number of aryl methyl sites for hydroxylation is 1. The number of nitrogens with one attached hydrogen (secondary N) is 1. The molecule has 1 aromatic carbocycles. The molecule has 1 heterocycles. The van der Waals surface area contributed by atoms with Crippen LogP contribution in [-0.4, -0.2) is 41.7 Å². The smallest absolute Gasteiger partial charge is 0.331 e. The van der Waals surface area contributed by atoms with Gasteiger partial charge in [0.2, 0.25) is 5.91 Å². The van der Waals surface area contributed by atoms with Gasteiger partial charge in [-0.3, -0.25) is 4.79 Å². The van der Waals surface area contributed by atoms with Crippen LogP contribution >= 0.6 is 11.3 Å². The molecule has 30 heavy (non-hydrogen) atoms. The van der Waals surface area contributed by atoms with Crippen LogP contribution in [0.3, 0.4) is 0 Å². The molecule has 0 bridgehead atoms. The molecule has 7 heteroatoms. The number of carbonyl (C=O) groups is 2. The SMILES string of the molecule is CCOC(=O)[C@H](NC(=O)Cc1csc(-c2cccc(C)c2)n1)C1(OCC)CCCC1. The van der Waals surface area contributed by atoms with Crippen LogP contribution < -0.4 is 5.32 Å². The maximum absolute atomic E-state index is 12.8. The van der Waals surface area contributed by atoms with Crippen molar-refractivity contribution in [2.45, 2.75) is 64.5 Å². The minimum absolute atomic E-state index is 0.112. The van der Waals surface area contributed by atoms with Crippen LogP contribution in [-0.2, 0) is 25.5 Å². The van der Waals surface area contributed by atoms with Crippen molar-refractivity contribution in [3.8, 4) is 10.6 Å². The van der Waals surface area contributed by atoms with E-state index >= 15 is 0 Å². The van der Waals surface area contributed by atoms with Crippen LogP contribution in [0.15, 0.2) is 29.6 Å². The summed E-state index contributed by atoms with van der Waals surface area (Å²) >= 11 is 1.51. The Hall–Kier alpha value is -2.25. The van der Waals surface area contributed by atoms with Crippen molar-refractivity contribution >= 4 is 23.2 Å². The first kappa shape index (κ1) is 22.4. The molecule has 0 unspecified atom stereocenters. The number of rotatable bonds is 9. The Balaban J connectivity index is 1.72. The molecule has 0 aliphatic heterocycles. The lowest BCUT2D eigenvalue weighted by molar-refractivity contribution is -0.159. The van der Waals surface area contributed by atoms with E-state index in [0.717, 1.165) is 41.8 Å². The predicted octanol–water partition coefficient (Wildman–Crippen LogP) is 4.06. The highest BCUT2D eigenvalue weighted by atomic mass is 32.1. The standard InChI is InChI=1S/C23H30N2O4S/c1-4-28-22(27)20(23(29-5-2)11-6-7-12-23)25-19(26)14-18-15-30-21(24-18)17-10-8-9-16(3)13-17/h8-10,13,15,20H,4-7,11-12,14H2,1-3H3,(H,25,26)/t20-/m0/s1. The lowest BCUT2D eigenvalue weighted by Gasteiger charge is -2.36. The van der Waals surface area contributed by atoms with Crippen LogP contribution in [0.1, 0.15) is 50.8 Å². The van der Waals surface area contributed by atoms with Crippen LogP contribution in [0.5, 0.6) is 0 Å². The molecule has 162 valence electrons. The predicted molar refractivity (Wildman–Crippen MR) is 117 cm³/mol. The van der Waals surface area contributed by atoms with E-state index < -0.39 is 17.6 Å². The molecular weight excluding hydrogens is 400 g/mol. The highest BCUT2D eigenvalue weighted by Gasteiger charge is 2.47. The number of aromatic nitrogens is 1. The molecule has 2 aromatic rings. The van der Waals surface area contributed by atoms with Gasteiger partial charge < -0.3 is 14.8 Å². The number of amides is 1. The summed E-state index contributed by atoms with van der Waals surface area (Å²) < 4.78 is 11.3. The van der Waals surface area contributed by atoms with Gasteiger partial charge in [-0.25, -0.2) is 9.78 Å². The molecule has 0 saturated heterocycles. The van der Waals surface area contributed by atoms with Crippen LogP contribution in [0.25, 0.3) is 10.6 Å². The summed E-state index contributed by atoms with van der Waals surface area (Å²) in [6.07, 6.45) is 3.52. The Morgan fingerprint density at radius 3 is 2.67 bits per heavy atom. The molecule has 1 amide bonds. The van der Waals surface area contributed by atoms with E-state index in [4.69, 9.17) is 9.47 Å². The summed E-state index contributed by atoms with van der Waals surface area (Å²) in [5, 5.41) is 5.67. The molecule has 1 saturated carbocycles. The lowest BCUT2D eigenvalue weighted by atomic mass is 9.91. The lowest BCUT2D eigenvalue weighted by Crippen LogP contribution is -2.58. The quantitative estimate of drug-likeness (QED) is 0.607. The second-order valence-corrected chi connectivity index (χ2v) is 8.51. The zero-order valence-corrected chi connectivity index (χ0v) is 18.7. The number of thiazole rings is 1. The minimum atomic E-state index is -0.803. The molecule has 3 rings (SSSR count). The number of hydrogen-bond acceptors (Lipinski definition) is 6. The van der Waals surface area contributed by atoms with Crippen LogP contribution in [0, 0.1) is 6.92 Å². The summed E-state index contributed by atoms with van der Waals surface area (Å²) in [5.41, 5.74) is 2.20. The van der Waals surface area contributed by atoms with Crippen molar-refractivity contribution in [2.24, 2.45) is 0 Å². The monoisotopic (exact) mass is 430 g/mol. The van der Waals surface area contributed by atoms with E-state index in [0.29, 0.717) is 12.3 Å². The highest BCUT2D eigenvalue weighted by molar-refractivity contribution is 7.13. The largest absolute Gasteiger partial charge is 0.464 e. The van der Waals surface area contributed by atoms with E-state index in [9.17, 15) is 9.59 Å². The second kappa shape index (κ2) is 10.2. The number of carbonyl (C=O) groups excluding carboxylic acids is 2. The van der Waals surface area contributed by atoms with Gasteiger partial charge in [0.25, 0.3) is 0 Å². The Morgan fingerprint density at radius 1 is 1.23 bits per heavy atom. The third-order valence-corrected chi connectivity index (χ3v) is 6.33. The summed E-state index contributed by atoms with van der Waals surface area (Å²) in [4.78, 5) is 30.1. The molecule has 1 aromatic heterocycles. The number of nitrogens with zero attached hydrogens (tertiary/aromatic N) is 1. The van der Waals surface area contributed by atoms with Crippen molar-refractivity contribution in [3.63, 3.8) is 0 Å². The Kier molecular flexibility index (Phi) is 7.61. The summed E-state index contributed by atoms with van der Waals surface area (Å²) in [7, 11) is 0. The van der Waals surface area contributed by atoms with Crippen molar-refractivity contribution < 1.29 is 19.1 Å². The first-order valence-electron chi connectivity index (χ1n) is 10.6. The average Bonchev–Trinajstić information content (AvgIpc) is 3.37. The zero-order valence-electron chi connectivity index (χ0n) is 17.9. The van der Waals surface area contributed by atoms with E-state index in [-0.39, 0.29) is 18.9 Å². The topological polar surface area (TPSA) is 77.5 Å². The zero-order chi connectivity index (χ0) is 21.6. The van der Waals surface area contributed by atoms with Gasteiger partial charge in [-0.2, -0.15) is 0 Å². The number of hydrogen-bond donors (Lipinski definition) is 1. The molecule has 6 nitrogen and oxygen atoms in total. The molecular formula is C23H30N2O4S. The van der Waals surface area contributed by atoms with Gasteiger partial charge in [0, 0.05) is 17.6 Å². The number of esters is 1. The Bertz CT molecular complexity index is 874. The van der Waals surface area contributed by atoms with Crippen molar-refractivity contribution in [3.05, 3.63) is 40.9 Å².